The lowest BCUT2D eigenvalue weighted by Crippen LogP contribution is -2.34. The van der Waals surface area contributed by atoms with Gasteiger partial charge in [-0.25, -0.2) is 0 Å². The molecule has 0 bridgehead atoms. The number of ether oxygens (including phenoxy) is 2. The second kappa shape index (κ2) is 5.19. The van der Waals surface area contributed by atoms with Gasteiger partial charge in [-0.2, -0.15) is 0 Å². The molecule has 1 rings (SSSR count). The Morgan fingerprint density at radius 2 is 1.76 bits per heavy atom. The number of rotatable bonds is 5. The van der Waals surface area contributed by atoms with Crippen LogP contribution in [0, 0.1) is 6.92 Å². The Bertz CT molecular complexity index is 367. The third-order valence-corrected chi connectivity index (χ3v) is 3.05. The van der Waals surface area contributed by atoms with Gasteiger partial charge in [0.15, 0.2) is 0 Å². The Morgan fingerprint density at radius 1 is 1.12 bits per heavy atom. The van der Waals surface area contributed by atoms with Crippen molar-refractivity contribution in [3.8, 4) is 0 Å². The Morgan fingerprint density at radius 3 is 2.29 bits per heavy atom. The largest absolute Gasteiger partial charge is 0.376 e. The first-order valence-electron chi connectivity index (χ1n) is 6.03. The highest BCUT2D eigenvalue weighted by molar-refractivity contribution is 5.26. The van der Waals surface area contributed by atoms with E-state index in [4.69, 9.17) is 9.47 Å². The van der Waals surface area contributed by atoms with Crippen LogP contribution in [0.4, 0.5) is 0 Å². The summed E-state index contributed by atoms with van der Waals surface area (Å²) in [6.45, 7) is 10.9. The molecule has 1 aromatic rings. The van der Waals surface area contributed by atoms with Crippen molar-refractivity contribution in [3.05, 3.63) is 35.4 Å². The summed E-state index contributed by atoms with van der Waals surface area (Å²) in [7, 11) is 1.71. The van der Waals surface area contributed by atoms with Gasteiger partial charge in [-0.3, -0.25) is 0 Å². The summed E-state index contributed by atoms with van der Waals surface area (Å²) < 4.78 is 11.4. The molecule has 0 saturated carbocycles. The summed E-state index contributed by atoms with van der Waals surface area (Å²) in [5.74, 6) is 0. The fraction of sp³-hybridized carbons (Fsp3) is 0.600. The molecule has 0 saturated heterocycles. The molecule has 0 radical (unpaired) electrons. The fourth-order valence-corrected chi connectivity index (χ4v) is 1.52. The van der Waals surface area contributed by atoms with Crippen LogP contribution in [0.25, 0.3) is 0 Å². The first kappa shape index (κ1) is 14.2. The van der Waals surface area contributed by atoms with Crippen LogP contribution in [0.15, 0.2) is 24.3 Å². The van der Waals surface area contributed by atoms with E-state index in [1.165, 1.54) is 11.1 Å². The van der Waals surface area contributed by atoms with Crippen LogP contribution in [-0.2, 0) is 15.1 Å². The zero-order chi connectivity index (χ0) is 13.1. The molecule has 2 nitrogen and oxygen atoms in total. The van der Waals surface area contributed by atoms with Crippen LogP contribution in [0.1, 0.15) is 38.8 Å². The predicted molar refractivity (Wildman–Crippen MR) is 71.2 cm³/mol. The minimum Gasteiger partial charge on any atom is -0.376 e. The molecule has 0 N–H and O–H groups in total. The van der Waals surface area contributed by atoms with Gasteiger partial charge in [-0.15, -0.1) is 0 Å². The van der Waals surface area contributed by atoms with Gasteiger partial charge in [0.05, 0.1) is 17.8 Å². The fourth-order valence-electron chi connectivity index (χ4n) is 1.52. The van der Waals surface area contributed by atoms with Crippen LogP contribution >= 0.6 is 0 Å². The maximum atomic E-state index is 6.00. The van der Waals surface area contributed by atoms with Crippen molar-refractivity contribution in [2.45, 2.75) is 45.8 Å². The lowest BCUT2D eigenvalue weighted by atomic mass is 9.96. The molecule has 0 aliphatic heterocycles. The van der Waals surface area contributed by atoms with E-state index in [-0.39, 0.29) is 11.2 Å². The molecular weight excluding hydrogens is 212 g/mol. The van der Waals surface area contributed by atoms with Gasteiger partial charge in [-0.05, 0) is 40.2 Å². The van der Waals surface area contributed by atoms with Crippen molar-refractivity contribution in [1.29, 1.82) is 0 Å². The van der Waals surface area contributed by atoms with E-state index in [1.807, 2.05) is 13.8 Å². The van der Waals surface area contributed by atoms with Gasteiger partial charge in [-0.1, -0.05) is 29.8 Å². The molecule has 1 aromatic carbocycles. The van der Waals surface area contributed by atoms with E-state index in [0.29, 0.717) is 6.61 Å². The second-order valence-corrected chi connectivity index (χ2v) is 5.63. The lowest BCUT2D eigenvalue weighted by Gasteiger charge is -2.31. The maximum Gasteiger partial charge on any atom is 0.0876 e. The summed E-state index contributed by atoms with van der Waals surface area (Å²) in [6, 6.07) is 8.43. The number of hydrogen-bond acceptors (Lipinski definition) is 2. The molecule has 0 fully saturated rings. The molecule has 0 spiro atoms. The minimum atomic E-state index is -0.290. The first-order chi connectivity index (χ1) is 7.77. The minimum absolute atomic E-state index is 0.249. The average molecular weight is 236 g/mol. The summed E-state index contributed by atoms with van der Waals surface area (Å²) in [4.78, 5) is 0. The van der Waals surface area contributed by atoms with E-state index < -0.39 is 0 Å². The number of methoxy groups -OCH3 is 1. The van der Waals surface area contributed by atoms with Gasteiger partial charge < -0.3 is 9.47 Å². The van der Waals surface area contributed by atoms with E-state index in [1.54, 1.807) is 7.11 Å². The van der Waals surface area contributed by atoms with Crippen molar-refractivity contribution in [1.82, 2.24) is 0 Å². The van der Waals surface area contributed by atoms with Crippen LogP contribution in [0.5, 0.6) is 0 Å². The molecule has 0 heterocycles. The van der Waals surface area contributed by atoms with Gasteiger partial charge >= 0.3 is 0 Å². The lowest BCUT2D eigenvalue weighted by molar-refractivity contribution is -0.109. The molecule has 96 valence electrons. The number of benzene rings is 1. The van der Waals surface area contributed by atoms with Crippen molar-refractivity contribution < 1.29 is 9.47 Å². The summed E-state index contributed by atoms with van der Waals surface area (Å²) in [5.41, 5.74) is 1.91. The Balaban J connectivity index is 2.75. The molecular formula is C15H24O2. The SMILES string of the molecule is COC(C)(C)COC(C)(C)c1cccc(C)c1. The smallest absolute Gasteiger partial charge is 0.0876 e. The Labute approximate surface area is 105 Å². The third-order valence-electron chi connectivity index (χ3n) is 3.05. The van der Waals surface area contributed by atoms with Gasteiger partial charge in [0.1, 0.15) is 0 Å². The molecule has 0 atom stereocenters. The number of aryl methyl sites for hydroxylation is 1. The van der Waals surface area contributed by atoms with Crippen molar-refractivity contribution in [3.63, 3.8) is 0 Å². The summed E-state index contributed by atoms with van der Waals surface area (Å²) >= 11 is 0. The monoisotopic (exact) mass is 236 g/mol. The van der Waals surface area contributed by atoms with Gasteiger partial charge in [0.2, 0.25) is 0 Å². The molecule has 0 aliphatic carbocycles. The maximum absolute atomic E-state index is 6.00. The molecule has 17 heavy (non-hydrogen) atoms. The zero-order valence-corrected chi connectivity index (χ0v) is 11.8. The van der Waals surface area contributed by atoms with E-state index >= 15 is 0 Å². The topological polar surface area (TPSA) is 18.5 Å². The van der Waals surface area contributed by atoms with Crippen LogP contribution in [-0.4, -0.2) is 19.3 Å². The average Bonchev–Trinajstić information content (AvgIpc) is 2.27. The van der Waals surface area contributed by atoms with E-state index in [0.717, 1.165) is 0 Å². The zero-order valence-electron chi connectivity index (χ0n) is 11.8. The molecule has 2 heteroatoms. The van der Waals surface area contributed by atoms with E-state index in [2.05, 4.69) is 45.0 Å². The van der Waals surface area contributed by atoms with Gasteiger partial charge in [0, 0.05) is 7.11 Å². The highest BCUT2D eigenvalue weighted by Crippen LogP contribution is 2.27. The van der Waals surface area contributed by atoms with Gasteiger partial charge in [0.25, 0.3) is 0 Å². The van der Waals surface area contributed by atoms with Crippen LogP contribution in [0.2, 0.25) is 0 Å². The third kappa shape index (κ3) is 4.14. The Kier molecular flexibility index (Phi) is 4.34. The van der Waals surface area contributed by atoms with Crippen LogP contribution < -0.4 is 0 Å². The van der Waals surface area contributed by atoms with Crippen molar-refractivity contribution in [2.75, 3.05) is 13.7 Å². The molecule has 0 aliphatic rings. The molecule has 0 unspecified atom stereocenters. The second-order valence-electron chi connectivity index (χ2n) is 5.63. The standard InChI is InChI=1S/C15H24O2/c1-12-8-7-9-13(10-12)15(4,5)17-11-14(2,3)16-6/h7-10H,11H2,1-6H3. The van der Waals surface area contributed by atoms with Crippen LogP contribution in [0.3, 0.4) is 0 Å². The highest BCUT2D eigenvalue weighted by Gasteiger charge is 2.26. The summed E-state index contributed by atoms with van der Waals surface area (Å²) in [6.07, 6.45) is 0. The summed E-state index contributed by atoms with van der Waals surface area (Å²) in [5, 5.41) is 0. The Hall–Kier alpha value is -0.860. The normalized spacial score (nSPS) is 12.8. The molecule has 0 amide bonds. The molecule has 0 aromatic heterocycles. The number of hydrogen-bond donors (Lipinski definition) is 0. The first-order valence-corrected chi connectivity index (χ1v) is 6.03. The van der Waals surface area contributed by atoms with Crippen molar-refractivity contribution >= 4 is 0 Å². The van der Waals surface area contributed by atoms with Crippen molar-refractivity contribution in [2.24, 2.45) is 0 Å². The predicted octanol–water partition coefficient (Wildman–Crippen LogP) is 3.67. The quantitative estimate of drug-likeness (QED) is 0.776. The van der Waals surface area contributed by atoms with E-state index in [9.17, 15) is 0 Å². The highest BCUT2D eigenvalue weighted by atomic mass is 16.5.